The molecule has 2 atom stereocenters. The first-order valence-corrected chi connectivity index (χ1v) is 8.47. The fraction of sp³-hybridized carbons (Fsp3) is 0.389. The van der Waals surface area contributed by atoms with Crippen LogP contribution in [0.25, 0.3) is 0 Å². The molecule has 1 aromatic heterocycles. The Bertz CT molecular complexity index is 737. The highest BCUT2D eigenvalue weighted by atomic mass is 16.5. The van der Waals surface area contributed by atoms with Gasteiger partial charge in [0.25, 0.3) is 5.91 Å². The zero-order valence-electron chi connectivity index (χ0n) is 14.1. The van der Waals surface area contributed by atoms with Gasteiger partial charge in [0.2, 0.25) is 0 Å². The monoisotopic (exact) mass is 339 g/mol. The number of amides is 1. The summed E-state index contributed by atoms with van der Waals surface area (Å²) < 4.78 is 5.86. The zero-order valence-corrected chi connectivity index (χ0v) is 14.1. The van der Waals surface area contributed by atoms with Crippen LogP contribution in [0.1, 0.15) is 10.5 Å². The molecule has 2 aromatic rings. The number of rotatable bonds is 3. The standard InChI is InChI=1S/C18H21N5O2/c1-22-9-10-25-16-12-23(11-15(16)22)17-8-7-14(20-21-17)18(24)19-13-5-3-2-4-6-13/h2-8,15-16H,9-12H2,1H3,(H,19,24). The summed E-state index contributed by atoms with van der Waals surface area (Å²) >= 11 is 0. The number of aromatic nitrogens is 2. The number of morpholine rings is 1. The highest BCUT2D eigenvalue weighted by molar-refractivity contribution is 6.02. The number of carbonyl (C=O) groups is 1. The molecule has 1 N–H and O–H groups in total. The van der Waals surface area contributed by atoms with Crippen LogP contribution < -0.4 is 10.2 Å². The SMILES string of the molecule is CN1CCOC2CN(c3ccc(C(=O)Nc4ccccc4)nn3)CC21. The number of anilines is 2. The third-order valence-electron chi connectivity index (χ3n) is 4.82. The summed E-state index contributed by atoms with van der Waals surface area (Å²) in [6.45, 7) is 3.40. The Kier molecular flexibility index (Phi) is 4.33. The van der Waals surface area contributed by atoms with Crippen molar-refractivity contribution in [2.45, 2.75) is 12.1 Å². The molecule has 7 nitrogen and oxygen atoms in total. The lowest BCUT2D eigenvalue weighted by Gasteiger charge is -2.33. The van der Waals surface area contributed by atoms with E-state index in [0.29, 0.717) is 11.7 Å². The summed E-state index contributed by atoms with van der Waals surface area (Å²) in [5.41, 5.74) is 1.04. The molecule has 1 amide bonds. The van der Waals surface area contributed by atoms with Crippen molar-refractivity contribution in [3.63, 3.8) is 0 Å². The van der Waals surface area contributed by atoms with E-state index in [0.717, 1.165) is 37.7 Å². The highest BCUT2D eigenvalue weighted by Crippen LogP contribution is 2.25. The van der Waals surface area contributed by atoms with Crippen molar-refractivity contribution in [2.24, 2.45) is 0 Å². The fourth-order valence-electron chi connectivity index (χ4n) is 3.38. The van der Waals surface area contributed by atoms with Crippen LogP contribution in [0.15, 0.2) is 42.5 Å². The molecule has 0 saturated carbocycles. The lowest BCUT2D eigenvalue weighted by atomic mass is 10.1. The molecule has 2 saturated heterocycles. The second-order valence-corrected chi connectivity index (χ2v) is 6.46. The minimum atomic E-state index is -0.261. The fourth-order valence-corrected chi connectivity index (χ4v) is 3.38. The van der Waals surface area contributed by atoms with Gasteiger partial charge in [-0.15, -0.1) is 10.2 Å². The molecule has 2 unspecified atom stereocenters. The van der Waals surface area contributed by atoms with Gasteiger partial charge in [0.15, 0.2) is 11.5 Å². The van der Waals surface area contributed by atoms with Gasteiger partial charge in [-0.05, 0) is 31.3 Å². The summed E-state index contributed by atoms with van der Waals surface area (Å²) in [6, 6.07) is 13.3. The molecule has 2 fully saturated rings. The van der Waals surface area contributed by atoms with Gasteiger partial charge in [-0.25, -0.2) is 0 Å². The number of benzene rings is 1. The van der Waals surface area contributed by atoms with Gasteiger partial charge < -0.3 is 15.0 Å². The van der Waals surface area contributed by atoms with Gasteiger partial charge in [-0.2, -0.15) is 0 Å². The maximum atomic E-state index is 12.2. The molecule has 7 heteroatoms. The first-order chi connectivity index (χ1) is 12.2. The molecular weight excluding hydrogens is 318 g/mol. The molecule has 2 aliphatic rings. The van der Waals surface area contributed by atoms with Crippen molar-refractivity contribution in [2.75, 3.05) is 43.5 Å². The third-order valence-corrected chi connectivity index (χ3v) is 4.82. The number of fused-ring (bicyclic) bond motifs is 1. The number of para-hydroxylation sites is 1. The van der Waals surface area contributed by atoms with Crippen molar-refractivity contribution in [3.05, 3.63) is 48.2 Å². The average Bonchev–Trinajstić information content (AvgIpc) is 3.08. The predicted molar refractivity (Wildman–Crippen MR) is 94.8 cm³/mol. The minimum absolute atomic E-state index is 0.210. The number of hydrogen-bond donors (Lipinski definition) is 1. The number of nitrogens with zero attached hydrogens (tertiary/aromatic N) is 4. The zero-order chi connectivity index (χ0) is 17.2. The molecule has 3 heterocycles. The lowest BCUT2D eigenvalue weighted by Crippen LogP contribution is -2.48. The molecule has 2 aliphatic heterocycles. The summed E-state index contributed by atoms with van der Waals surface area (Å²) in [7, 11) is 2.13. The second-order valence-electron chi connectivity index (χ2n) is 6.46. The van der Waals surface area contributed by atoms with Gasteiger partial charge >= 0.3 is 0 Å². The Morgan fingerprint density at radius 2 is 2.00 bits per heavy atom. The van der Waals surface area contributed by atoms with E-state index in [1.165, 1.54) is 0 Å². The van der Waals surface area contributed by atoms with E-state index in [-0.39, 0.29) is 12.0 Å². The predicted octanol–water partition coefficient (Wildman–Crippen LogP) is 1.25. The van der Waals surface area contributed by atoms with Crippen LogP contribution in [0, 0.1) is 0 Å². The molecule has 0 spiro atoms. The Morgan fingerprint density at radius 1 is 1.16 bits per heavy atom. The summed E-state index contributed by atoms with van der Waals surface area (Å²) in [6.07, 6.45) is 0.210. The third kappa shape index (κ3) is 3.33. The molecule has 4 rings (SSSR count). The topological polar surface area (TPSA) is 70.6 Å². The van der Waals surface area contributed by atoms with Crippen LogP contribution in [-0.4, -0.2) is 66.4 Å². The second kappa shape index (κ2) is 6.78. The van der Waals surface area contributed by atoms with Gasteiger partial charge in [0.05, 0.1) is 18.8 Å². The van der Waals surface area contributed by atoms with Gasteiger partial charge in [-0.1, -0.05) is 18.2 Å². The van der Waals surface area contributed by atoms with Crippen molar-refractivity contribution in [1.82, 2.24) is 15.1 Å². The first kappa shape index (κ1) is 16.0. The van der Waals surface area contributed by atoms with Crippen LogP contribution in [0.4, 0.5) is 11.5 Å². The molecular formula is C18H21N5O2. The van der Waals surface area contributed by atoms with Crippen molar-refractivity contribution in [3.8, 4) is 0 Å². The van der Waals surface area contributed by atoms with Crippen molar-refractivity contribution < 1.29 is 9.53 Å². The number of hydrogen-bond acceptors (Lipinski definition) is 6. The summed E-state index contributed by atoms with van der Waals surface area (Å²) in [5.74, 6) is 0.520. The number of nitrogens with one attached hydrogen (secondary N) is 1. The molecule has 0 bridgehead atoms. The molecule has 130 valence electrons. The smallest absolute Gasteiger partial charge is 0.276 e. The van der Waals surface area contributed by atoms with E-state index in [1.54, 1.807) is 6.07 Å². The number of carbonyl (C=O) groups excluding carboxylic acids is 1. The van der Waals surface area contributed by atoms with Crippen molar-refractivity contribution in [1.29, 1.82) is 0 Å². The van der Waals surface area contributed by atoms with E-state index in [2.05, 4.69) is 32.4 Å². The highest BCUT2D eigenvalue weighted by Gasteiger charge is 2.39. The lowest BCUT2D eigenvalue weighted by molar-refractivity contribution is -0.0362. The molecule has 25 heavy (non-hydrogen) atoms. The Hall–Kier alpha value is -2.51. The van der Waals surface area contributed by atoms with Crippen LogP contribution in [0.5, 0.6) is 0 Å². The van der Waals surface area contributed by atoms with E-state index < -0.39 is 0 Å². The van der Waals surface area contributed by atoms with Crippen LogP contribution >= 0.6 is 0 Å². The van der Waals surface area contributed by atoms with Crippen molar-refractivity contribution >= 4 is 17.4 Å². The van der Waals surface area contributed by atoms with Gasteiger partial charge in [0.1, 0.15) is 0 Å². The Balaban J connectivity index is 1.43. The maximum absolute atomic E-state index is 12.2. The van der Waals surface area contributed by atoms with E-state index in [4.69, 9.17) is 4.74 Å². The Labute approximate surface area is 146 Å². The average molecular weight is 339 g/mol. The number of likely N-dealkylation sites (N-methyl/N-ethyl adjacent to an activating group) is 1. The largest absolute Gasteiger partial charge is 0.373 e. The van der Waals surface area contributed by atoms with E-state index in [1.807, 2.05) is 36.4 Å². The van der Waals surface area contributed by atoms with Gasteiger partial charge in [0, 0.05) is 25.3 Å². The van der Waals surface area contributed by atoms with Crippen LogP contribution in [0.2, 0.25) is 0 Å². The van der Waals surface area contributed by atoms with Crippen LogP contribution in [-0.2, 0) is 4.74 Å². The Morgan fingerprint density at radius 3 is 2.72 bits per heavy atom. The number of ether oxygens (including phenoxy) is 1. The molecule has 0 aliphatic carbocycles. The van der Waals surface area contributed by atoms with E-state index in [9.17, 15) is 4.79 Å². The summed E-state index contributed by atoms with van der Waals surface area (Å²) in [5, 5.41) is 11.2. The summed E-state index contributed by atoms with van der Waals surface area (Å²) in [4.78, 5) is 16.7. The quantitative estimate of drug-likeness (QED) is 0.907. The minimum Gasteiger partial charge on any atom is -0.373 e. The molecule has 1 aromatic carbocycles. The van der Waals surface area contributed by atoms with Gasteiger partial charge in [-0.3, -0.25) is 9.69 Å². The molecule has 0 radical (unpaired) electrons. The van der Waals surface area contributed by atoms with E-state index >= 15 is 0 Å². The maximum Gasteiger partial charge on any atom is 0.276 e. The first-order valence-electron chi connectivity index (χ1n) is 8.47. The van der Waals surface area contributed by atoms with Crippen LogP contribution in [0.3, 0.4) is 0 Å². The normalized spacial score (nSPS) is 23.3.